The van der Waals surface area contributed by atoms with E-state index in [2.05, 4.69) is 27.3 Å². The van der Waals surface area contributed by atoms with Gasteiger partial charge in [0.25, 0.3) is 0 Å². The summed E-state index contributed by atoms with van der Waals surface area (Å²) in [5, 5.41) is 10.7. The van der Waals surface area contributed by atoms with Crippen molar-refractivity contribution >= 4 is 11.3 Å². The fourth-order valence-electron chi connectivity index (χ4n) is 1.43. The van der Waals surface area contributed by atoms with Crippen LogP contribution in [0.25, 0.3) is 0 Å². The Balaban J connectivity index is 1.76. The Morgan fingerprint density at radius 2 is 2.38 bits per heavy atom. The molecular formula is C10H15N5S. The van der Waals surface area contributed by atoms with Crippen molar-refractivity contribution in [3.05, 3.63) is 28.7 Å². The van der Waals surface area contributed by atoms with Crippen LogP contribution in [0.3, 0.4) is 0 Å². The van der Waals surface area contributed by atoms with E-state index in [-0.39, 0.29) is 0 Å². The van der Waals surface area contributed by atoms with Crippen LogP contribution >= 0.6 is 11.3 Å². The van der Waals surface area contributed by atoms with Gasteiger partial charge >= 0.3 is 0 Å². The van der Waals surface area contributed by atoms with Gasteiger partial charge in [-0.1, -0.05) is 0 Å². The van der Waals surface area contributed by atoms with Crippen LogP contribution in [0.1, 0.15) is 23.8 Å². The molecule has 0 fully saturated rings. The van der Waals surface area contributed by atoms with E-state index in [1.807, 2.05) is 18.6 Å². The number of thiazole rings is 1. The number of hydrogen-bond donors (Lipinski definition) is 1. The van der Waals surface area contributed by atoms with Crippen LogP contribution in [-0.2, 0) is 13.5 Å². The molecule has 0 aliphatic heterocycles. The van der Waals surface area contributed by atoms with Gasteiger partial charge in [-0.2, -0.15) is 5.10 Å². The van der Waals surface area contributed by atoms with Crippen molar-refractivity contribution in [2.24, 2.45) is 7.05 Å². The number of aryl methyl sites for hydroxylation is 1. The highest BCUT2D eigenvalue weighted by Crippen LogP contribution is 2.14. The quantitative estimate of drug-likeness (QED) is 0.848. The third kappa shape index (κ3) is 2.86. The minimum Gasteiger partial charge on any atom is -0.308 e. The summed E-state index contributed by atoms with van der Waals surface area (Å²) in [6.45, 7) is 2.98. The lowest BCUT2D eigenvalue weighted by Crippen LogP contribution is -2.21. The van der Waals surface area contributed by atoms with Gasteiger partial charge in [-0.25, -0.2) is 9.97 Å². The second kappa shape index (κ2) is 5.18. The van der Waals surface area contributed by atoms with Crippen molar-refractivity contribution in [2.75, 3.05) is 6.54 Å². The second-order valence-corrected chi connectivity index (χ2v) is 4.56. The number of rotatable bonds is 5. The number of nitrogens with one attached hydrogen (secondary N) is 1. The first-order valence-electron chi connectivity index (χ1n) is 5.23. The third-order valence-corrected chi connectivity index (χ3v) is 3.23. The van der Waals surface area contributed by atoms with Crippen LogP contribution in [0, 0.1) is 0 Å². The summed E-state index contributed by atoms with van der Waals surface area (Å²) in [7, 11) is 1.88. The van der Waals surface area contributed by atoms with Crippen molar-refractivity contribution in [1.29, 1.82) is 0 Å². The maximum Gasteiger partial charge on any atom is 0.151 e. The van der Waals surface area contributed by atoms with Crippen molar-refractivity contribution < 1.29 is 0 Å². The summed E-state index contributed by atoms with van der Waals surface area (Å²) in [5.41, 5.74) is 0. The zero-order valence-corrected chi connectivity index (χ0v) is 10.2. The molecule has 2 rings (SSSR count). The van der Waals surface area contributed by atoms with Crippen molar-refractivity contribution in [3.63, 3.8) is 0 Å². The molecule has 0 bridgehead atoms. The maximum atomic E-state index is 4.27. The van der Waals surface area contributed by atoms with Gasteiger partial charge < -0.3 is 5.32 Å². The molecule has 0 radical (unpaired) electrons. The van der Waals surface area contributed by atoms with Crippen LogP contribution in [0.4, 0.5) is 0 Å². The molecule has 0 saturated carbocycles. The minimum atomic E-state index is 0.295. The summed E-state index contributed by atoms with van der Waals surface area (Å²) in [4.78, 5) is 8.44. The summed E-state index contributed by atoms with van der Waals surface area (Å²) >= 11 is 1.67. The smallest absolute Gasteiger partial charge is 0.151 e. The van der Waals surface area contributed by atoms with Gasteiger partial charge in [0.2, 0.25) is 0 Å². The molecule has 5 nitrogen and oxygen atoms in total. The molecule has 2 aromatic heterocycles. The highest BCUT2D eigenvalue weighted by molar-refractivity contribution is 7.09. The van der Waals surface area contributed by atoms with Gasteiger partial charge in [0.1, 0.15) is 11.3 Å². The number of hydrogen-bond acceptors (Lipinski definition) is 5. The molecule has 0 saturated heterocycles. The molecule has 16 heavy (non-hydrogen) atoms. The predicted octanol–water partition coefficient (Wildman–Crippen LogP) is 1.16. The highest BCUT2D eigenvalue weighted by atomic mass is 32.1. The fraction of sp³-hybridized carbons (Fsp3) is 0.500. The summed E-state index contributed by atoms with van der Waals surface area (Å²) in [5.74, 6) is 0.876. The molecule has 1 atom stereocenters. The summed E-state index contributed by atoms with van der Waals surface area (Å²) < 4.78 is 1.72. The van der Waals surface area contributed by atoms with Gasteiger partial charge in [-0.3, -0.25) is 4.68 Å². The predicted molar refractivity (Wildman–Crippen MR) is 63.2 cm³/mol. The van der Waals surface area contributed by atoms with Gasteiger partial charge in [-0.05, 0) is 6.92 Å². The Morgan fingerprint density at radius 1 is 1.50 bits per heavy atom. The Morgan fingerprint density at radius 3 is 3.00 bits per heavy atom. The lowest BCUT2D eigenvalue weighted by molar-refractivity contribution is 0.566. The molecule has 0 aromatic carbocycles. The monoisotopic (exact) mass is 237 g/mol. The van der Waals surface area contributed by atoms with Crippen LogP contribution in [-0.4, -0.2) is 26.3 Å². The summed E-state index contributed by atoms with van der Waals surface area (Å²) in [6, 6.07) is 0.295. The second-order valence-electron chi connectivity index (χ2n) is 3.63. The van der Waals surface area contributed by atoms with E-state index in [9.17, 15) is 0 Å². The molecule has 2 heterocycles. The first kappa shape index (κ1) is 11.2. The Kier molecular flexibility index (Phi) is 3.63. The number of nitrogens with zero attached hydrogens (tertiary/aromatic N) is 4. The standard InChI is InChI=1S/C10H15N5S/c1-8(10-12-5-6-16-10)11-4-3-9-13-7-15(2)14-9/h5-8,11H,3-4H2,1-2H3. The van der Waals surface area contributed by atoms with Crippen LogP contribution in [0.2, 0.25) is 0 Å². The average molecular weight is 237 g/mol. The zero-order valence-electron chi connectivity index (χ0n) is 9.42. The van der Waals surface area contributed by atoms with E-state index < -0.39 is 0 Å². The molecule has 86 valence electrons. The first-order valence-corrected chi connectivity index (χ1v) is 6.11. The molecule has 0 aliphatic rings. The Bertz CT molecular complexity index is 422. The lowest BCUT2D eigenvalue weighted by atomic mass is 10.3. The molecule has 1 N–H and O–H groups in total. The van der Waals surface area contributed by atoms with Crippen LogP contribution in [0.5, 0.6) is 0 Å². The molecule has 1 unspecified atom stereocenters. The molecule has 0 aliphatic carbocycles. The van der Waals surface area contributed by atoms with E-state index in [4.69, 9.17) is 0 Å². The SMILES string of the molecule is CC(NCCc1ncn(C)n1)c1nccs1. The molecular weight excluding hydrogens is 222 g/mol. The van der Waals surface area contributed by atoms with Crippen molar-refractivity contribution in [2.45, 2.75) is 19.4 Å². The largest absolute Gasteiger partial charge is 0.308 e. The zero-order chi connectivity index (χ0) is 11.4. The first-order chi connectivity index (χ1) is 7.75. The molecule has 0 spiro atoms. The molecule has 2 aromatic rings. The van der Waals surface area contributed by atoms with E-state index in [1.165, 1.54) is 0 Å². The van der Waals surface area contributed by atoms with Crippen LogP contribution in [0.15, 0.2) is 17.9 Å². The van der Waals surface area contributed by atoms with Crippen LogP contribution < -0.4 is 5.32 Å². The van der Waals surface area contributed by atoms with Gasteiger partial charge in [0.15, 0.2) is 5.82 Å². The van der Waals surface area contributed by atoms with E-state index in [1.54, 1.807) is 22.3 Å². The minimum absolute atomic E-state index is 0.295. The topological polar surface area (TPSA) is 55.6 Å². The van der Waals surface area contributed by atoms with Crippen molar-refractivity contribution in [3.8, 4) is 0 Å². The highest BCUT2D eigenvalue weighted by Gasteiger charge is 2.07. The van der Waals surface area contributed by atoms with Gasteiger partial charge in [-0.15, -0.1) is 11.3 Å². The van der Waals surface area contributed by atoms with Gasteiger partial charge in [0, 0.05) is 31.6 Å². The maximum absolute atomic E-state index is 4.27. The Labute approximate surface area is 98.5 Å². The Hall–Kier alpha value is -1.27. The average Bonchev–Trinajstić information content (AvgIpc) is 2.89. The van der Waals surface area contributed by atoms with Gasteiger partial charge in [0.05, 0.1) is 6.04 Å². The van der Waals surface area contributed by atoms with E-state index >= 15 is 0 Å². The fourth-order valence-corrected chi connectivity index (χ4v) is 2.10. The number of aromatic nitrogens is 4. The van der Waals surface area contributed by atoms with Crippen molar-refractivity contribution in [1.82, 2.24) is 25.1 Å². The molecule has 0 amide bonds. The third-order valence-electron chi connectivity index (χ3n) is 2.27. The normalized spacial score (nSPS) is 12.9. The van der Waals surface area contributed by atoms with E-state index in [0.29, 0.717) is 6.04 Å². The van der Waals surface area contributed by atoms with E-state index in [0.717, 1.165) is 23.8 Å². The molecule has 6 heteroatoms. The summed E-state index contributed by atoms with van der Waals surface area (Å²) in [6.07, 6.45) is 4.40. The lowest BCUT2D eigenvalue weighted by Gasteiger charge is -2.09.